The molecule has 1 aromatic heterocycles. The van der Waals surface area contributed by atoms with Gasteiger partial charge in [0.25, 0.3) is 5.56 Å². The van der Waals surface area contributed by atoms with Crippen LogP contribution in [0, 0.1) is 0 Å². The van der Waals surface area contributed by atoms with Gasteiger partial charge in [0.1, 0.15) is 5.75 Å². The third kappa shape index (κ3) is 3.79. The van der Waals surface area contributed by atoms with Crippen LogP contribution in [0.1, 0.15) is 0 Å². The fraction of sp³-hybridized carbons (Fsp3) is 0.214. The molecule has 0 aliphatic heterocycles. The third-order valence-electron chi connectivity index (χ3n) is 2.65. The average molecular weight is 276 g/mol. The van der Waals surface area contributed by atoms with Crippen LogP contribution in [0.5, 0.6) is 5.75 Å². The normalized spacial score (nSPS) is 10.4. The number of aromatic nitrogens is 1. The molecule has 0 unspecified atom stereocenters. The molecule has 0 fully saturated rings. The molecule has 0 saturated heterocycles. The number of nitrogens with two attached hydrogens (primary N) is 1. The van der Waals surface area contributed by atoms with Crippen molar-refractivity contribution < 1.29 is 4.74 Å². The van der Waals surface area contributed by atoms with Crippen molar-refractivity contribution in [1.82, 2.24) is 4.57 Å². The number of hydrogen-bond donors (Lipinski definition) is 1. The van der Waals surface area contributed by atoms with E-state index < -0.39 is 0 Å². The van der Waals surface area contributed by atoms with Gasteiger partial charge in [0.2, 0.25) is 0 Å². The van der Waals surface area contributed by atoms with Gasteiger partial charge in [-0.25, -0.2) is 0 Å². The number of pyridine rings is 1. The lowest BCUT2D eigenvalue weighted by molar-refractivity contribution is 0.413. The smallest absolute Gasteiger partial charge is 0.250 e. The maximum absolute atomic E-state index is 11.6. The molecule has 0 bridgehead atoms. The van der Waals surface area contributed by atoms with E-state index in [1.165, 1.54) is 6.07 Å². The van der Waals surface area contributed by atoms with Crippen LogP contribution in [-0.2, 0) is 6.54 Å². The number of nitrogen functional groups attached to an aromatic ring is 1. The fourth-order valence-electron chi connectivity index (χ4n) is 1.68. The van der Waals surface area contributed by atoms with Gasteiger partial charge in [-0.05, 0) is 24.3 Å². The van der Waals surface area contributed by atoms with Crippen molar-refractivity contribution >= 4 is 17.4 Å². The molecule has 0 atom stereocenters. The van der Waals surface area contributed by atoms with E-state index in [-0.39, 0.29) is 5.56 Å². The lowest BCUT2D eigenvalue weighted by Crippen LogP contribution is -2.19. The predicted octanol–water partition coefficient (Wildman–Crippen LogP) is 2.23. The molecule has 1 heterocycles. The van der Waals surface area contributed by atoms with E-state index in [2.05, 4.69) is 0 Å². The van der Waals surface area contributed by atoms with Crippen LogP contribution in [0.2, 0.25) is 0 Å². The first-order chi connectivity index (χ1) is 9.19. The standard InChI is InChI=1S/C14H16N2O2S/c1-18-12-3-2-4-13(9-12)19-8-7-16-10-11(15)5-6-14(16)17/h2-6,9-10H,7-8,15H2,1H3. The molecule has 0 saturated carbocycles. The quantitative estimate of drug-likeness (QED) is 0.851. The third-order valence-corrected chi connectivity index (χ3v) is 3.62. The minimum absolute atomic E-state index is 0.0274. The molecular weight excluding hydrogens is 260 g/mol. The summed E-state index contributed by atoms with van der Waals surface area (Å²) in [6.07, 6.45) is 1.68. The van der Waals surface area contributed by atoms with Crippen molar-refractivity contribution in [3.8, 4) is 5.75 Å². The van der Waals surface area contributed by atoms with E-state index in [4.69, 9.17) is 10.5 Å². The van der Waals surface area contributed by atoms with E-state index in [9.17, 15) is 4.79 Å². The number of aryl methyl sites for hydroxylation is 1. The lowest BCUT2D eigenvalue weighted by Gasteiger charge is -2.07. The van der Waals surface area contributed by atoms with Gasteiger partial charge in [0.05, 0.1) is 7.11 Å². The zero-order chi connectivity index (χ0) is 13.7. The number of hydrogen-bond acceptors (Lipinski definition) is 4. The molecule has 2 aromatic rings. The van der Waals surface area contributed by atoms with Gasteiger partial charge >= 0.3 is 0 Å². The van der Waals surface area contributed by atoms with Gasteiger partial charge < -0.3 is 15.0 Å². The Morgan fingerprint density at radius 2 is 2.16 bits per heavy atom. The predicted molar refractivity (Wildman–Crippen MR) is 78.8 cm³/mol. The van der Waals surface area contributed by atoms with Crippen LogP contribution in [0.3, 0.4) is 0 Å². The molecule has 0 radical (unpaired) electrons. The highest BCUT2D eigenvalue weighted by Crippen LogP contribution is 2.22. The Kier molecular flexibility index (Phi) is 4.52. The second kappa shape index (κ2) is 6.33. The molecule has 0 aliphatic carbocycles. The maximum atomic E-state index is 11.6. The Bertz CT molecular complexity index is 610. The highest BCUT2D eigenvalue weighted by molar-refractivity contribution is 7.99. The van der Waals surface area contributed by atoms with Crippen LogP contribution in [0.25, 0.3) is 0 Å². The molecule has 0 amide bonds. The number of rotatable bonds is 5. The van der Waals surface area contributed by atoms with E-state index in [0.29, 0.717) is 12.2 Å². The Balaban J connectivity index is 1.96. The van der Waals surface area contributed by atoms with Gasteiger partial charge in [-0.15, -0.1) is 11.8 Å². The van der Waals surface area contributed by atoms with Crippen LogP contribution < -0.4 is 16.0 Å². The summed E-state index contributed by atoms with van der Waals surface area (Å²) in [7, 11) is 1.65. The van der Waals surface area contributed by atoms with Crippen LogP contribution >= 0.6 is 11.8 Å². The molecule has 0 spiro atoms. The highest BCUT2D eigenvalue weighted by Gasteiger charge is 1.99. The Hall–Kier alpha value is -1.88. The van der Waals surface area contributed by atoms with E-state index in [0.717, 1.165) is 16.4 Å². The Morgan fingerprint density at radius 3 is 2.95 bits per heavy atom. The summed E-state index contributed by atoms with van der Waals surface area (Å²) in [5, 5.41) is 0. The molecule has 100 valence electrons. The van der Waals surface area contributed by atoms with Gasteiger partial charge in [-0.3, -0.25) is 4.79 Å². The SMILES string of the molecule is COc1cccc(SCCn2cc(N)ccc2=O)c1. The number of ether oxygens (including phenoxy) is 1. The first-order valence-corrected chi connectivity index (χ1v) is 6.90. The first kappa shape index (κ1) is 13.5. The maximum Gasteiger partial charge on any atom is 0.250 e. The summed E-state index contributed by atoms with van der Waals surface area (Å²) < 4.78 is 6.80. The van der Waals surface area contributed by atoms with Crippen molar-refractivity contribution in [1.29, 1.82) is 0 Å². The van der Waals surface area contributed by atoms with Crippen LogP contribution in [0.15, 0.2) is 52.3 Å². The van der Waals surface area contributed by atoms with Crippen molar-refractivity contribution in [2.75, 3.05) is 18.6 Å². The molecule has 0 aliphatic rings. The van der Waals surface area contributed by atoms with Gasteiger partial charge in [0.15, 0.2) is 0 Å². The minimum atomic E-state index is -0.0274. The molecule has 2 N–H and O–H groups in total. The van der Waals surface area contributed by atoms with Crippen molar-refractivity contribution in [2.45, 2.75) is 11.4 Å². The van der Waals surface area contributed by atoms with Crippen molar-refractivity contribution in [3.63, 3.8) is 0 Å². The van der Waals surface area contributed by atoms with Gasteiger partial charge in [-0.1, -0.05) is 6.07 Å². The summed E-state index contributed by atoms with van der Waals surface area (Å²) in [4.78, 5) is 12.7. The molecular formula is C14H16N2O2S. The average Bonchev–Trinajstić information content (AvgIpc) is 2.43. The largest absolute Gasteiger partial charge is 0.497 e. The summed E-state index contributed by atoms with van der Waals surface area (Å²) >= 11 is 1.68. The number of methoxy groups -OCH3 is 1. The monoisotopic (exact) mass is 276 g/mol. The van der Waals surface area contributed by atoms with E-state index in [1.54, 1.807) is 35.7 Å². The van der Waals surface area contributed by atoms with Gasteiger partial charge in [0, 0.05) is 35.1 Å². The molecule has 1 aromatic carbocycles. The number of nitrogens with zero attached hydrogens (tertiary/aromatic N) is 1. The summed E-state index contributed by atoms with van der Waals surface area (Å²) in [5.74, 6) is 1.64. The van der Waals surface area contributed by atoms with E-state index >= 15 is 0 Å². The summed E-state index contributed by atoms with van der Waals surface area (Å²) in [6.45, 7) is 0.631. The lowest BCUT2D eigenvalue weighted by atomic mass is 10.3. The number of benzene rings is 1. The molecule has 5 heteroatoms. The fourth-order valence-corrected chi connectivity index (χ4v) is 2.58. The van der Waals surface area contributed by atoms with Crippen molar-refractivity contribution in [3.05, 3.63) is 52.9 Å². The second-order valence-corrected chi connectivity index (χ2v) is 5.19. The number of anilines is 1. The zero-order valence-electron chi connectivity index (χ0n) is 10.7. The van der Waals surface area contributed by atoms with E-state index in [1.807, 2.05) is 24.3 Å². The summed E-state index contributed by atoms with van der Waals surface area (Å²) in [6, 6.07) is 11.0. The topological polar surface area (TPSA) is 57.2 Å². The Morgan fingerprint density at radius 1 is 1.32 bits per heavy atom. The molecule has 2 rings (SSSR count). The molecule has 4 nitrogen and oxygen atoms in total. The Labute approximate surface area is 116 Å². The second-order valence-electron chi connectivity index (χ2n) is 4.02. The minimum Gasteiger partial charge on any atom is -0.497 e. The van der Waals surface area contributed by atoms with Crippen molar-refractivity contribution in [2.24, 2.45) is 0 Å². The zero-order valence-corrected chi connectivity index (χ0v) is 11.5. The first-order valence-electron chi connectivity index (χ1n) is 5.92. The summed E-state index contributed by atoms with van der Waals surface area (Å²) in [5.41, 5.74) is 6.24. The van der Waals surface area contributed by atoms with Crippen LogP contribution in [-0.4, -0.2) is 17.4 Å². The molecule has 19 heavy (non-hydrogen) atoms. The van der Waals surface area contributed by atoms with Gasteiger partial charge in [-0.2, -0.15) is 0 Å². The van der Waals surface area contributed by atoms with Crippen LogP contribution in [0.4, 0.5) is 5.69 Å². The number of thioether (sulfide) groups is 1. The highest BCUT2D eigenvalue weighted by atomic mass is 32.2.